The van der Waals surface area contributed by atoms with Crippen LogP contribution < -0.4 is 5.32 Å². The minimum Gasteiger partial charge on any atom is -0.353 e. The molecule has 1 amide bonds. The summed E-state index contributed by atoms with van der Waals surface area (Å²) in [7, 11) is 0. The molecule has 1 saturated carbocycles. The molecular formula is C19H31NOS. The van der Waals surface area contributed by atoms with Crippen LogP contribution >= 0.6 is 11.3 Å². The molecule has 3 heteroatoms. The van der Waals surface area contributed by atoms with Gasteiger partial charge in [-0.1, -0.05) is 27.7 Å². The van der Waals surface area contributed by atoms with Crippen molar-refractivity contribution in [3.05, 3.63) is 22.4 Å². The number of hydrogen-bond donors (Lipinski definition) is 1. The van der Waals surface area contributed by atoms with Gasteiger partial charge in [-0.05, 0) is 72.2 Å². The Morgan fingerprint density at radius 1 is 1.41 bits per heavy atom. The topological polar surface area (TPSA) is 29.1 Å². The first kappa shape index (κ1) is 17.5. The van der Waals surface area contributed by atoms with Crippen LogP contribution in [0.2, 0.25) is 0 Å². The van der Waals surface area contributed by atoms with Crippen molar-refractivity contribution < 1.29 is 4.79 Å². The second kappa shape index (κ2) is 7.16. The Bertz CT molecular complexity index is 478. The van der Waals surface area contributed by atoms with Crippen LogP contribution in [0.1, 0.15) is 59.4 Å². The Morgan fingerprint density at radius 2 is 2.14 bits per heavy atom. The summed E-state index contributed by atoms with van der Waals surface area (Å²) in [5.41, 5.74) is 1.62. The van der Waals surface area contributed by atoms with Crippen LogP contribution in [0.25, 0.3) is 0 Å². The number of nitrogens with one attached hydrogen (secondary N) is 1. The molecule has 1 heterocycles. The van der Waals surface area contributed by atoms with Crippen molar-refractivity contribution in [1.82, 2.24) is 5.32 Å². The fraction of sp³-hybridized carbons (Fsp3) is 0.737. The van der Waals surface area contributed by atoms with Gasteiger partial charge in [0.05, 0.1) is 0 Å². The molecule has 3 unspecified atom stereocenters. The molecule has 124 valence electrons. The van der Waals surface area contributed by atoms with Gasteiger partial charge < -0.3 is 5.32 Å². The van der Waals surface area contributed by atoms with E-state index in [1.807, 2.05) is 0 Å². The average molecular weight is 322 g/mol. The molecule has 2 nitrogen and oxygen atoms in total. The fourth-order valence-corrected chi connectivity index (χ4v) is 4.54. The molecule has 2 rings (SSSR count). The minimum absolute atomic E-state index is 0.175. The van der Waals surface area contributed by atoms with E-state index in [0.29, 0.717) is 17.3 Å². The van der Waals surface area contributed by atoms with Crippen molar-refractivity contribution in [1.29, 1.82) is 0 Å². The summed E-state index contributed by atoms with van der Waals surface area (Å²) in [5, 5.41) is 7.55. The number of hydrogen-bond acceptors (Lipinski definition) is 2. The molecule has 0 aliphatic heterocycles. The van der Waals surface area contributed by atoms with Gasteiger partial charge in [0, 0.05) is 12.0 Å². The highest BCUT2D eigenvalue weighted by Gasteiger charge is 2.40. The predicted octanol–water partition coefficient (Wildman–Crippen LogP) is 4.89. The molecule has 1 aromatic heterocycles. The highest BCUT2D eigenvalue weighted by Crippen LogP contribution is 2.44. The van der Waals surface area contributed by atoms with Crippen molar-refractivity contribution in [2.75, 3.05) is 0 Å². The van der Waals surface area contributed by atoms with Crippen molar-refractivity contribution >= 4 is 17.2 Å². The second-order valence-electron chi connectivity index (χ2n) is 8.17. The molecule has 1 N–H and O–H groups in total. The highest BCUT2D eigenvalue weighted by atomic mass is 32.1. The van der Waals surface area contributed by atoms with Gasteiger partial charge in [0.1, 0.15) is 0 Å². The van der Waals surface area contributed by atoms with Gasteiger partial charge in [-0.2, -0.15) is 11.3 Å². The van der Waals surface area contributed by atoms with E-state index in [4.69, 9.17) is 0 Å². The van der Waals surface area contributed by atoms with Gasteiger partial charge in [-0.25, -0.2) is 0 Å². The largest absolute Gasteiger partial charge is 0.353 e. The summed E-state index contributed by atoms with van der Waals surface area (Å²) in [4.78, 5) is 12.8. The van der Waals surface area contributed by atoms with Gasteiger partial charge in [-0.15, -0.1) is 0 Å². The normalized spacial score (nSPS) is 25.9. The SMILES string of the molecule is CC(Cc1ccsc1)NC(=O)C1CC(C)(C)CCC1C(C)C. The molecule has 0 radical (unpaired) electrons. The molecule has 0 spiro atoms. The summed E-state index contributed by atoms with van der Waals surface area (Å²) >= 11 is 1.72. The number of carbonyl (C=O) groups excluding carboxylic acids is 1. The summed E-state index contributed by atoms with van der Waals surface area (Å²) < 4.78 is 0. The fourth-order valence-electron chi connectivity index (χ4n) is 3.86. The molecular weight excluding hydrogens is 290 g/mol. The van der Waals surface area contributed by atoms with Crippen LogP contribution in [0.3, 0.4) is 0 Å². The molecule has 1 aliphatic rings. The molecule has 0 bridgehead atoms. The van der Waals surface area contributed by atoms with Gasteiger partial charge >= 0.3 is 0 Å². The maximum Gasteiger partial charge on any atom is 0.223 e. The average Bonchev–Trinajstić information content (AvgIpc) is 2.89. The monoisotopic (exact) mass is 321 g/mol. The molecule has 0 aromatic carbocycles. The summed E-state index contributed by atoms with van der Waals surface area (Å²) in [5.74, 6) is 1.56. The molecule has 1 fully saturated rings. The third-order valence-corrected chi connectivity index (χ3v) is 5.88. The quantitative estimate of drug-likeness (QED) is 0.821. The zero-order valence-corrected chi connectivity index (χ0v) is 15.5. The Balaban J connectivity index is 1.98. The van der Waals surface area contributed by atoms with Crippen LogP contribution in [0.5, 0.6) is 0 Å². The van der Waals surface area contributed by atoms with Crippen LogP contribution in [-0.2, 0) is 11.2 Å². The Labute approximate surface area is 139 Å². The van der Waals surface area contributed by atoms with E-state index < -0.39 is 0 Å². The lowest BCUT2D eigenvalue weighted by molar-refractivity contribution is -0.131. The van der Waals surface area contributed by atoms with Gasteiger partial charge in [0.2, 0.25) is 5.91 Å². The van der Waals surface area contributed by atoms with Crippen LogP contribution in [-0.4, -0.2) is 11.9 Å². The smallest absolute Gasteiger partial charge is 0.223 e. The van der Waals surface area contributed by atoms with E-state index in [1.54, 1.807) is 11.3 Å². The molecule has 3 atom stereocenters. The lowest BCUT2D eigenvalue weighted by atomic mass is 9.64. The maximum absolute atomic E-state index is 12.8. The van der Waals surface area contributed by atoms with Crippen LogP contribution in [0.4, 0.5) is 0 Å². The lowest BCUT2D eigenvalue weighted by Gasteiger charge is -2.42. The van der Waals surface area contributed by atoms with E-state index in [0.717, 1.165) is 12.8 Å². The Morgan fingerprint density at radius 3 is 2.73 bits per heavy atom. The minimum atomic E-state index is 0.175. The van der Waals surface area contributed by atoms with Crippen LogP contribution in [0.15, 0.2) is 16.8 Å². The summed E-state index contributed by atoms with van der Waals surface area (Å²) in [6, 6.07) is 2.36. The second-order valence-corrected chi connectivity index (χ2v) is 8.95. The van der Waals surface area contributed by atoms with E-state index in [1.165, 1.54) is 18.4 Å². The Kier molecular flexibility index (Phi) is 5.70. The van der Waals surface area contributed by atoms with Gasteiger partial charge in [-0.3, -0.25) is 4.79 Å². The van der Waals surface area contributed by atoms with E-state index in [2.05, 4.69) is 56.8 Å². The first-order valence-electron chi connectivity index (χ1n) is 8.60. The van der Waals surface area contributed by atoms with Gasteiger partial charge in [0.25, 0.3) is 0 Å². The molecule has 1 aromatic rings. The zero-order valence-electron chi connectivity index (χ0n) is 14.7. The van der Waals surface area contributed by atoms with Crippen molar-refractivity contribution in [3.8, 4) is 0 Å². The zero-order chi connectivity index (χ0) is 16.3. The van der Waals surface area contributed by atoms with E-state index in [-0.39, 0.29) is 17.9 Å². The lowest BCUT2D eigenvalue weighted by Crippen LogP contribution is -2.45. The third-order valence-electron chi connectivity index (χ3n) is 5.15. The van der Waals surface area contributed by atoms with Crippen LogP contribution in [0, 0.1) is 23.2 Å². The summed E-state index contributed by atoms with van der Waals surface area (Å²) in [6.07, 6.45) is 4.37. The van der Waals surface area contributed by atoms with Gasteiger partial charge in [0.15, 0.2) is 0 Å². The van der Waals surface area contributed by atoms with Crippen molar-refractivity contribution in [3.63, 3.8) is 0 Å². The Hall–Kier alpha value is -0.830. The molecule has 1 aliphatic carbocycles. The standard InChI is InChI=1S/C19H31NOS/c1-13(2)16-6-8-19(4,5)11-17(16)18(21)20-14(3)10-15-7-9-22-12-15/h7,9,12-14,16-17H,6,8,10-11H2,1-5H3,(H,20,21). The highest BCUT2D eigenvalue weighted by molar-refractivity contribution is 7.07. The maximum atomic E-state index is 12.8. The predicted molar refractivity (Wildman–Crippen MR) is 95.1 cm³/mol. The number of carbonyl (C=O) groups is 1. The first-order valence-corrected chi connectivity index (χ1v) is 9.54. The number of thiophene rings is 1. The number of rotatable bonds is 5. The summed E-state index contributed by atoms with van der Waals surface area (Å²) in [6.45, 7) is 11.3. The first-order chi connectivity index (χ1) is 10.3. The van der Waals surface area contributed by atoms with E-state index in [9.17, 15) is 4.79 Å². The van der Waals surface area contributed by atoms with Crippen molar-refractivity contribution in [2.24, 2.45) is 23.2 Å². The molecule has 0 saturated heterocycles. The van der Waals surface area contributed by atoms with E-state index >= 15 is 0 Å². The number of amides is 1. The third kappa shape index (κ3) is 4.58. The molecule has 22 heavy (non-hydrogen) atoms. The van der Waals surface area contributed by atoms with Crippen molar-refractivity contribution in [2.45, 2.75) is 66.3 Å².